The second-order valence-electron chi connectivity index (χ2n) is 5.57. The number of nitrogens with two attached hydrogens (primary N) is 1. The van der Waals surface area contributed by atoms with E-state index < -0.39 is 5.54 Å². The average molecular weight is 260 g/mol. The molecule has 0 bridgehead atoms. The lowest BCUT2D eigenvalue weighted by Gasteiger charge is -2.38. The third-order valence-electron chi connectivity index (χ3n) is 3.65. The number of rotatable bonds is 10. The predicted octanol–water partition coefficient (Wildman–Crippen LogP) is 1.61. The number of methoxy groups -OCH3 is 1. The molecule has 0 amide bonds. The lowest BCUT2D eigenvalue weighted by molar-refractivity contribution is 0.0658. The summed E-state index contributed by atoms with van der Waals surface area (Å²) < 4.78 is 5.20. The van der Waals surface area contributed by atoms with Crippen LogP contribution in [-0.4, -0.2) is 54.5 Å². The molecule has 0 aliphatic heterocycles. The Morgan fingerprint density at radius 2 is 1.89 bits per heavy atom. The van der Waals surface area contributed by atoms with Crippen LogP contribution in [0.15, 0.2) is 0 Å². The highest BCUT2D eigenvalue weighted by Crippen LogP contribution is 2.19. The first-order valence-electron chi connectivity index (χ1n) is 7.06. The fraction of sp³-hybridized carbons (Fsp3) is 1.00. The molecular formula is C14H32N2O2. The van der Waals surface area contributed by atoms with Crippen LogP contribution >= 0.6 is 0 Å². The molecule has 0 radical (unpaired) electrons. The normalized spacial score (nSPS) is 17.2. The molecule has 0 spiro atoms. The molecule has 3 N–H and O–H groups in total. The van der Waals surface area contributed by atoms with Gasteiger partial charge in [-0.05, 0) is 33.1 Å². The second-order valence-corrected chi connectivity index (χ2v) is 5.57. The molecule has 0 saturated heterocycles. The molecule has 0 heterocycles. The van der Waals surface area contributed by atoms with Gasteiger partial charge in [-0.3, -0.25) is 4.90 Å². The largest absolute Gasteiger partial charge is 0.394 e. The molecule has 2 atom stereocenters. The van der Waals surface area contributed by atoms with Crippen LogP contribution in [0.3, 0.4) is 0 Å². The minimum Gasteiger partial charge on any atom is -0.394 e. The fourth-order valence-corrected chi connectivity index (χ4v) is 2.57. The van der Waals surface area contributed by atoms with Crippen molar-refractivity contribution in [3.05, 3.63) is 0 Å². The van der Waals surface area contributed by atoms with Crippen molar-refractivity contribution in [2.75, 3.05) is 26.9 Å². The number of hydrogen-bond acceptors (Lipinski definition) is 4. The molecule has 0 aromatic heterocycles. The van der Waals surface area contributed by atoms with Crippen LogP contribution in [0.4, 0.5) is 0 Å². The third-order valence-corrected chi connectivity index (χ3v) is 3.65. The van der Waals surface area contributed by atoms with Crippen molar-refractivity contribution < 1.29 is 9.84 Å². The zero-order valence-corrected chi connectivity index (χ0v) is 12.8. The van der Waals surface area contributed by atoms with Crippen LogP contribution in [0, 0.1) is 0 Å². The molecule has 0 aliphatic rings. The maximum Gasteiger partial charge on any atom is 0.0609 e. The molecule has 0 fully saturated rings. The van der Waals surface area contributed by atoms with Gasteiger partial charge in [0, 0.05) is 31.3 Å². The predicted molar refractivity (Wildman–Crippen MR) is 76.7 cm³/mol. The van der Waals surface area contributed by atoms with E-state index in [4.69, 9.17) is 10.5 Å². The van der Waals surface area contributed by atoms with Crippen LogP contribution < -0.4 is 5.73 Å². The van der Waals surface area contributed by atoms with Gasteiger partial charge in [-0.2, -0.15) is 0 Å². The summed E-state index contributed by atoms with van der Waals surface area (Å²) in [5.41, 5.74) is 5.56. The van der Waals surface area contributed by atoms with Crippen molar-refractivity contribution in [3.8, 4) is 0 Å². The summed E-state index contributed by atoms with van der Waals surface area (Å²) in [6.45, 7) is 10.2. The minimum absolute atomic E-state index is 0.0262. The Kier molecular flexibility index (Phi) is 8.78. The molecule has 0 aromatic carbocycles. The molecule has 18 heavy (non-hydrogen) atoms. The van der Waals surface area contributed by atoms with Crippen molar-refractivity contribution in [2.45, 2.75) is 64.6 Å². The first kappa shape index (κ1) is 17.8. The van der Waals surface area contributed by atoms with E-state index in [1.165, 1.54) is 0 Å². The first-order valence-corrected chi connectivity index (χ1v) is 7.06. The Bertz CT molecular complexity index is 206. The van der Waals surface area contributed by atoms with E-state index in [0.29, 0.717) is 12.1 Å². The fourth-order valence-electron chi connectivity index (χ4n) is 2.57. The van der Waals surface area contributed by atoms with Crippen LogP contribution in [0.2, 0.25) is 0 Å². The summed E-state index contributed by atoms with van der Waals surface area (Å²) in [4.78, 5) is 2.46. The zero-order chi connectivity index (χ0) is 14.2. The summed E-state index contributed by atoms with van der Waals surface area (Å²) >= 11 is 0. The van der Waals surface area contributed by atoms with Crippen LogP contribution in [0.1, 0.15) is 47.0 Å². The van der Waals surface area contributed by atoms with Crippen molar-refractivity contribution in [3.63, 3.8) is 0 Å². The van der Waals surface area contributed by atoms with Gasteiger partial charge in [-0.1, -0.05) is 13.8 Å². The van der Waals surface area contributed by atoms with E-state index in [9.17, 15) is 5.11 Å². The van der Waals surface area contributed by atoms with Crippen molar-refractivity contribution in [1.29, 1.82) is 0 Å². The van der Waals surface area contributed by atoms with Gasteiger partial charge < -0.3 is 15.6 Å². The second kappa shape index (κ2) is 8.86. The highest BCUT2D eigenvalue weighted by Gasteiger charge is 2.27. The average Bonchev–Trinajstić information content (AvgIpc) is 2.33. The van der Waals surface area contributed by atoms with Gasteiger partial charge in [-0.25, -0.2) is 0 Å². The Balaban J connectivity index is 4.62. The Hall–Kier alpha value is -0.160. The van der Waals surface area contributed by atoms with E-state index >= 15 is 0 Å². The summed E-state index contributed by atoms with van der Waals surface area (Å²) in [5, 5.41) is 9.29. The van der Waals surface area contributed by atoms with Crippen LogP contribution in [0.25, 0.3) is 0 Å². The summed E-state index contributed by atoms with van der Waals surface area (Å²) in [6, 6.07) is 0.914. The monoisotopic (exact) mass is 260 g/mol. The highest BCUT2D eigenvalue weighted by atomic mass is 16.5. The molecule has 0 saturated carbocycles. The molecule has 0 rings (SSSR count). The van der Waals surface area contributed by atoms with Gasteiger partial charge >= 0.3 is 0 Å². The van der Waals surface area contributed by atoms with Gasteiger partial charge in [0.25, 0.3) is 0 Å². The first-order chi connectivity index (χ1) is 8.41. The number of nitrogens with zero attached hydrogens (tertiary/aromatic N) is 1. The van der Waals surface area contributed by atoms with Gasteiger partial charge in [-0.15, -0.1) is 0 Å². The van der Waals surface area contributed by atoms with Gasteiger partial charge in [0.15, 0.2) is 0 Å². The Morgan fingerprint density at radius 3 is 2.28 bits per heavy atom. The van der Waals surface area contributed by atoms with Crippen LogP contribution in [0.5, 0.6) is 0 Å². The van der Waals surface area contributed by atoms with Crippen molar-refractivity contribution in [1.82, 2.24) is 4.90 Å². The topological polar surface area (TPSA) is 58.7 Å². The van der Waals surface area contributed by atoms with E-state index in [1.807, 2.05) is 6.92 Å². The maximum absolute atomic E-state index is 9.29. The standard InChI is InChI=1S/C14H32N2O2/c1-6-13(7-2)16(8-9-18-5)12(3)10-14(4,15)11-17/h12-13,17H,6-11,15H2,1-5H3. The summed E-state index contributed by atoms with van der Waals surface area (Å²) in [6.07, 6.45) is 3.06. The molecular weight excluding hydrogens is 228 g/mol. The van der Waals surface area contributed by atoms with Crippen molar-refractivity contribution in [2.24, 2.45) is 5.73 Å². The van der Waals surface area contributed by atoms with Gasteiger partial charge in [0.1, 0.15) is 0 Å². The van der Waals surface area contributed by atoms with E-state index in [2.05, 4.69) is 25.7 Å². The Labute approximate surface area is 112 Å². The van der Waals surface area contributed by atoms with Crippen LogP contribution in [-0.2, 0) is 4.74 Å². The highest BCUT2D eigenvalue weighted by molar-refractivity contribution is 4.85. The van der Waals surface area contributed by atoms with E-state index in [0.717, 1.165) is 32.4 Å². The number of hydrogen-bond donors (Lipinski definition) is 2. The quantitative estimate of drug-likeness (QED) is 0.626. The Morgan fingerprint density at radius 1 is 1.33 bits per heavy atom. The number of aliphatic hydroxyl groups excluding tert-OH is 1. The van der Waals surface area contributed by atoms with Gasteiger partial charge in [0.05, 0.1) is 13.2 Å². The van der Waals surface area contributed by atoms with Gasteiger partial charge in [0.2, 0.25) is 0 Å². The molecule has 0 aromatic rings. The molecule has 4 nitrogen and oxygen atoms in total. The summed E-state index contributed by atoms with van der Waals surface area (Å²) in [5.74, 6) is 0. The third kappa shape index (κ3) is 6.14. The SMILES string of the molecule is CCC(CC)N(CCOC)C(C)CC(C)(N)CO. The smallest absolute Gasteiger partial charge is 0.0609 e. The lowest BCUT2D eigenvalue weighted by Crippen LogP contribution is -2.50. The summed E-state index contributed by atoms with van der Waals surface area (Å²) in [7, 11) is 1.73. The molecule has 2 unspecified atom stereocenters. The van der Waals surface area contributed by atoms with E-state index in [-0.39, 0.29) is 6.61 Å². The zero-order valence-electron chi connectivity index (χ0n) is 12.8. The molecule has 4 heteroatoms. The van der Waals surface area contributed by atoms with Crippen molar-refractivity contribution >= 4 is 0 Å². The lowest BCUT2D eigenvalue weighted by atomic mass is 9.93. The molecule has 110 valence electrons. The number of ether oxygens (including phenoxy) is 1. The number of aliphatic hydroxyl groups is 1. The molecule has 0 aliphatic carbocycles. The van der Waals surface area contributed by atoms with E-state index in [1.54, 1.807) is 7.11 Å². The maximum atomic E-state index is 9.29. The minimum atomic E-state index is -0.503.